The maximum Gasteiger partial charge on any atom is 0.226 e. The van der Waals surface area contributed by atoms with Gasteiger partial charge in [-0.15, -0.1) is 0 Å². The molecule has 0 saturated heterocycles. The van der Waals surface area contributed by atoms with Gasteiger partial charge in [0.15, 0.2) is 17.0 Å². The van der Waals surface area contributed by atoms with Gasteiger partial charge >= 0.3 is 0 Å². The van der Waals surface area contributed by atoms with Crippen LogP contribution >= 0.6 is 0 Å². The number of phenolic OH excluding ortho intramolecular Hbond substituents is 1. The number of phenols is 1. The van der Waals surface area contributed by atoms with E-state index >= 15 is 0 Å². The summed E-state index contributed by atoms with van der Waals surface area (Å²) in [6, 6.07) is 5.64. The first kappa shape index (κ1) is 18.9. The van der Waals surface area contributed by atoms with E-state index in [1.807, 2.05) is 36.6 Å². The molecular weight excluding hydrogens is 344 g/mol. The topological polar surface area (TPSA) is 108 Å². The maximum absolute atomic E-state index is 10.2. The van der Waals surface area contributed by atoms with Gasteiger partial charge in [-0.1, -0.05) is 18.2 Å². The molecule has 0 aliphatic heterocycles. The van der Waals surface area contributed by atoms with Gasteiger partial charge < -0.3 is 25.4 Å². The molecule has 0 spiro atoms. The number of hydrogen-bond acceptors (Lipinski definition) is 7. The predicted molar refractivity (Wildman–Crippen MR) is 106 cm³/mol. The molecule has 0 unspecified atom stereocenters. The molecule has 3 rings (SSSR count). The molecule has 1 aromatic carbocycles. The summed E-state index contributed by atoms with van der Waals surface area (Å²) >= 11 is 0. The number of anilines is 2. The summed E-state index contributed by atoms with van der Waals surface area (Å²) in [5.41, 5.74) is 2.09. The number of imidazole rings is 1. The van der Waals surface area contributed by atoms with Crippen molar-refractivity contribution in [2.45, 2.75) is 46.4 Å². The van der Waals surface area contributed by atoms with Gasteiger partial charge in [-0.3, -0.25) is 0 Å². The summed E-state index contributed by atoms with van der Waals surface area (Å²) in [6.45, 7) is 8.77. The summed E-state index contributed by atoms with van der Waals surface area (Å²) in [6.07, 6.45) is 1.73. The minimum absolute atomic E-state index is 0.273. The average Bonchev–Trinajstić information content (AvgIpc) is 3.03. The van der Waals surface area contributed by atoms with Crippen molar-refractivity contribution in [2.24, 2.45) is 0 Å². The fourth-order valence-electron chi connectivity index (χ4n) is 2.71. The Labute approximate surface area is 158 Å². The van der Waals surface area contributed by atoms with Gasteiger partial charge in [-0.05, 0) is 33.3 Å². The van der Waals surface area contributed by atoms with Gasteiger partial charge in [0.05, 0.1) is 11.9 Å². The molecule has 0 saturated carbocycles. The van der Waals surface area contributed by atoms with Gasteiger partial charge in [0, 0.05) is 25.2 Å². The Bertz CT molecular complexity index is 945. The normalized spacial score (nSPS) is 11.7. The molecule has 144 valence electrons. The van der Waals surface area contributed by atoms with Crippen molar-refractivity contribution in [2.75, 3.05) is 17.2 Å². The van der Waals surface area contributed by atoms with E-state index in [1.54, 1.807) is 20.2 Å². The van der Waals surface area contributed by atoms with Crippen LogP contribution in [0.2, 0.25) is 0 Å². The van der Waals surface area contributed by atoms with Crippen LogP contribution in [0, 0.1) is 6.92 Å². The number of nitrogens with one attached hydrogen (secondary N) is 2. The summed E-state index contributed by atoms with van der Waals surface area (Å²) in [5.74, 6) is 1.26. The van der Waals surface area contributed by atoms with Gasteiger partial charge in [0.2, 0.25) is 5.95 Å². The summed E-state index contributed by atoms with van der Waals surface area (Å²) in [4.78, 5) is 13.5. The molecule has 0 fully saturated rings. The van der Waals surface area contributed by atoms with Crippen molar-refractivity contribution in [3.8, 4) is 5.75 Å². The number of aliphatic hydroxyl groups is 1. The van der Waals surface area contributed by atoms with Gasteiger partial charge in [-0.25, -0.2) is 4.98 Å². The number of benzene rings is 1. The van der Waals surface area contributed by atoms with E-state index in [0.29, 0.717) is 36.0 Å². The molecule has 0 bridgehead atoms. The SMILES string of the molecule is CCn1cnc2c(NCc3cccc(C)c3O)nc(NCC(C)(C)O)nc21. The highest BCUT2D eigenvalue weighted by atomic mass is 16.3. The third-order valence-electron chi connectivity index (χ3n) is 4.25. The Balaban J connectivity index is 1.92. The van der Waals surface area contributed by atoms with Crippen LogP contribution < -0.4 is 10.6 Å². The van der Waals surface area contributed by atoms with Crippen molar-refractivity contribution < 1.29 is 10.2 Å². The van der Waals surface area contributed by atoms with Gasteiger partial charge in [0.1, 0.15) is 5.75 Å². The van der Waals surface area contributed by atoms with E-state index in [4.69, 9.17) is 0 Å². The second-order valence-corrected chi connectivity index (χ2v) is 7.20. The van der Waals surface area contributed by atoms with E-state index in [1.165, 1.54) is 0 Å². The Morgan fingerprint density at radius 2 is 1.96 bits per heavy atom. The molecule has 0 amide bonds. The molecule has 0 aliphatic rings. The quantitative estimate of drug-likeness (QED) is 0.506. The van der Waals surface area contributed by atoms with E-state index < -0.39 is 5.60 Å². The van der Waals surface area contributed by atoms with Crippen LogP contribution in [-0.2, 0) is 13.1 Å². The molecule has 4 N–H and O–H groups in total. The van der Waals surface area contributed by atoms with Gasteiger partial charge in [0.25, 0.3) is 0 Å². The van der Waals surface area contributed by atoms with Crippen LogP contribution in [0.25, 0.3) is 11.2 Å². The van der Waals surface area contributed by atoms with E-state index in [0.717, 1.165) is 17.7 Å². The fraction of sp³-hybridized carbons (Fsp3) is 0.421. The number of nitrogens with zero attached hydrogens (tertiary/aromatic N) is 4. The summed E-state index contributed by atoms with van der Waals surface area (Å²) in [7, 11) is 0. The molecular formula is C19H26N6O2. The highest BCUT2D eigenvalue weighted by Crippen LogP contribution is 2.25. The van der Waals surface area contributed by atoms with E-state index in [9.17, 15) is 10.2 Å². The van der Waals surface area contributed by atoms with Crippen LogP contribution in [0.1, 0.15) is 31.9 Å². The largest absolute Gasteiger partial charge is 0.507 e. The number of hydrogen-bond donors (Lipinski definition) is 4. The second-order valence-electron chi connectivity index (χ2n) is 7.20. The zero-order chi connectivity index (χ0) is 19.6. The molecule has 27 heavy (non-hydrogen) atoms. The molecule has 0 aliphatic carbocycles. The molecule has 8 heteroatoms. The molecule has 0 atom stereocenters. The van der Waals surface area contributed by atoms with Crippen molar-refractivity contribution >= 4 is 22.9 Å². The minimum atomic E-state index is -0.885. The lowest BCUT2D eigenvalue weighted by Gasteiger charge is -2.18. The lowest BCUT2D eigenvalue weighted by Crippen LogP contribution is -2.30. The van der Waals surface area contributed by atoms with Crippen LogP contribution in [0.5, 0.6) is 5.75 Å². The lowest BCUT2D eigenvalue weighted by atomic mass is 10.1. The number of aromatic hydroxyl groups is 1. The second kappa shape index (κ2) is 7.40. The fourth-order valence-corrected chi connectivity index (χ4v) is 2.71. The highest BCUT2D eigenvalue weighted by molar-refractivity contribution is 5.84. The maximum atomic E-state index is 10.2. The lowest BCUT2D eigenvalue weighted by molar-refractivity contribution is 0.0943. The van der Waals surface area contributed by atoms with E-state index in [2.05, 4.69) is 25.6 Å². The highest BCUT2D eigenvalue weighted by Gasteiger charge is 2.16. The smallest absolute Gasteiger partial charge is 0.226 e. The van der Waals surface area contributed by atoms with Crippen molar-refractivity contribution in [1.29, 1.82) is 0 Å². The summed E-state index contributed by atoms with van der Waals surface area (Å²) in [5, 5.41) is 26.5. The van der Waals surface area contributed by atoms with Crippen LogP contribution in [-0.4, -0.2) is 41.9 Å². The predicted octanol–water partition coefficient (Wildman–Crippen LogP) is 2.66. The minimum Gasteiger partial charge on any atom is -0.507 e. The van der Waals surface area contributed by atoms with E-state index in [-0.39, 0.29) is 5.75 Å². The Morgan fingerprint density at radius 1 is 1.19 bits per heavy atom. The molecule has 2 aromatic heterocycles. The first-order valence-corrected chi connectivity index (χ1v) is 8.99. The Kier molecular flexibility index (Phi) is 5.18. The van der Waals surface area contributed by atoms with Gasteiger partial charge in [-0.2, -0.15) is 9.97 Å². The summed E-state index contributed by atoms with van der Waals surface area (Å²) < 4.78 is 1.93. The molecule has 0 radical (unpaired) electrons. The van der Waals surface area contributed by atoms with Crippen LogP contribution in [0.15, 0.2) is 24.5 Å². The molecule has 3 aromatic rings. The van der Waals surface area contributed by atoms with Crippen LogP contribution in [0.3, 0.4) is 0 Å². The number of fused-ring (bicyclic) bond motifs is 1. The Hall–Kier alpha value is -2.87. The molecule has 2 heterocycles. The van der Waals surface area contributed by atoms with Crippen LogP contribution in [0.4, 0.5) is 11.8 Å². The first-order valence-electron chi connectivity index (χ1n) is 8.99. The van der Waals surface area contributed by atoms with Crippen molar-refractivity contribution in [3.63, 3.8) is 0 Å². The first-order chi connectivity index (χ1) is 12.8. The standard InChI is InChI=1S/C19H26N6O2/c1-5-25-11-22-14-16(20-9-13-8-6-7-12(2)15(13)26)23-18(24-17(14)25)21-10-19(3,4)27/h6-8,11,26-27H,5,9-10H2,1-4H3,(H2,20,21,23,24). The van der Waals surface area contributed by atoms with Crippen molar-refractivity contribution in [1.82, 2.24) is 19.5 Å². The number of rotatable bonds is 7. The zero-order valence-corrected chi connectivity index (χ0v) is 16.1. The number of aryl methyl sites for hydroxylation is 2. The average molecular weight is 370 g/mol. The number of para-hydroxylation sites is 1. The zero-order valence-electron chi connectivity index (χ0n) is 16.1. The third-order valence-corrected chi connectivity index (χ3v) is 4.25. The monoisotopic (exact) mass is 370 g/mol. The van der Waals surface area contributed by atoms with Crippen molar-refractivity contribution in [3.05, 3.63) is 35.7 Å². The number of aromatic nitrogens is 4. The molecule has 8 nitrogen and oxygen atoms in total. The Morgan fingerprint density at radius 3 is 2.67 bits per heavy atom. The third kappa shape index (κ3) is 4.28.